The topological polar surface area (TPSA) is 181 Å². The molecule has 0 aliphatic carbocycles. The number of hydrogen-bond acceptors (Lipinski definition) is 9. The van der Waals surface area contributed by atoms with Crippen LogP contribution in [0, 0.1) is 6.92 Å². The molecule has 1 aliphatic heterocycles. The van der Waals surface area contributed by atoms with E-state index in [9.17, 15) is 14.4 Å². The third kappa shape index (κ3) is 9.53. The van der Waals surface area contributed by atoms with Gasteiger partial charge in [-0.1, -0.05) is 6.07 Å². The largest absolute Gasteiger partial charge is 0.493 e. The molecule has 1 fully saturated rings. The fraction of sp³-hybridized carbons (Fsp3) is 0.538. The second-order valence-electron chi connectivity index (χ2n) is 9.35. The second-order valence-corrected chi connectivity index (χ2v) is 9.35. The van der Waals surface area contributed by atoms with Gasteiger partial charge in [-0.2, -0.15) is 5.10 Å². The van der Waals surface area contributed by atoms with Crippen molar-refractivity contribution in [1.29, 1.82) is 0 Å². The van der Waals surface area contributed by atoms with E-state index >= 15 is 0 Å². The molecule has 2 heterocycles. The Bertz CT molecular complexity index is 1110. The van der Waals surface area contributed by atoms with Gasteiger partial charge in [0, 0.05) is 44.5 Å². The van der Waals surface area contributed by atoms with Crippen LogP contribution in [0.4, 0.5) is 0 Å². The minimum atomic E-state index is -2.74. The summed E-state index contributed by atoms with van der Waals surface area (Å²) in [5.74, 6) is -3.50. The molecule has 216 valence electrons. The van der Waals surface area contributed by atoms with Gasteiger partial charge in [-0.05, 0) is 37.5 Å². The molecule has 0 amide bonds. The van der Waals surface area contributed by atoms with Gasteiger partial charge in [0.25, 0.3) is 0 Å². The van der Waals surface area contributed by atoms with E-state index in [1.165, 1.54) is 16.8 Å². The van der Waals surface area contributed by atoms with Gasteiger partial charge in [0.2, 0.25) is 0 Å². The van der Waals surface area contributed by atoms with E-state index < -0.39 is 36.4 Å². The normalized spacial score (nSPS) is 15.0. The molecule has 0 bridgehead atoms. The number of aliphatic carboxylic acids is 3. The van der Waals surface area contributed by atoms with Crippen LogP contribution < -0.4 is 9.47 Å². The molecule has 0 saturated carbocycles. The van der Waals surface area contributed by atoms with Crippen molar-refractivity contribution in [3.05, 3.63) is 41.2 Å². The lowest BCUT2D eigenvalue weighted by atomic mass is 9.96. The molecule has 0 radical (unpaired) electrons. The first-order chi connectivity index (χ1) is 18.4. The highest BCUT2D eigenvalue weighted by Gasteiger charge is 2.40. The fourth-order valence-electron chi connectivity index (χ4n) is 4.15. The molecule has 0 spiro atoms. The van der Waals surface area contributed by atoms with Gasteiger partial charge in [-0.3, -0.25) is 19.2 Å². The number of carboxylic acids is 3. The summed E-state index contributed by atoms with van der Waals surface area (Å²) in [6.07, 6.45) is 2.28. The number of carboxylic acid groups (broad SMARTS) is 3. The third-order valence-corrected chi connectivity index (χ3v) is 6.36. The minimum Gasteiger partial charge on any atom is -0.493 e. The number of ether oxygens (including phenoxy) is 3. The van der Waals surface area contributed by atoms with Crippen molar-refractivity contribution in [3.8, 4) is 11.5 Å². The monoisotopic (exact) mass is 551 g/mol. The SMILES string of the molecule is COc1ccc(CN(Cc2cnn(C)c2C)CC2CCCO2)cc1OC.O=C(O)CC(O)(CC(=O)O)C(=O)O. The third-order valence-electron chi connectivity index (χ3n) is 6.36. The average molecular weight is 552 g/mol. The first kappa shape index (κ1) is 31.5. The highest BCUT2D eigenvalue weighted by molar-refractivity contribution is 5.88. The zero-order chi connectivity index (χ0) is 29.2. The van der Waals surface area contributed by atoms with Crippen molar-refractivity contribution in [2.24, 2.45) is 7.05 Å². The van der Waals surface area contributed by atoms with E-state index in [-0.39, 0.29) is 0 Å². The zero-order valence-electron chi connectivity index (χ0n) is 22.6. The standard InChI is InChI=1S/C20H29N3O3.C6H8O7/c1-15-17(11-21-22(15)2)13-23(14-18-6-5-9-26-18)12-16-7-8-19(24-3)20(10-16)25-4;7-3(8)1-6(13,5(11)12)2-4(9)10/h7-8,10-11,18H,5-6,9,12-14H2,1-4H3;13H,1-2H2,(H,7,8)(H,9,10)(H,11,12). The molecule has 13 nitrogen and oxygen atoms in total. The number of aromatic nitrogens is 2. The molecule has 1 atom stereocenters. The lowest BCUT2D eigenvalue weighted by Gasteiger charge is -2.25. The predicted molar refractivity (Wildman–Crippen MR) is 138 cm³/mol. The summed E-state index contributed by atoms with van der Waals surface area (Å²) in [6.45, 7) is 5.59. The van der Waals surface area contributed by atoms with E-state index in [0.717, 1.165) is 50.6 Å². The van der Waals surface area contributed by atoms with Crippen molar-refractivity contribution in [1.82, 2.24) is 14.7 Å². The van der Waals surface area contributed by atoms with E-state index in [1.807, 2.05) is 24.0 Å². The van der Waals surface area contributed by atoms with Crippen molar-refractivity contribution < 1.29 is 49.0 Å². The average Bonchev–Trinajstić information content (AvgIpc) is 3.48. The maximum atomic E-state index is 10.3. The number of carbonyl (C=O) groups is 3. The quantitative estimate of drug-likeness (QED) is 0.283. The van der Waals surface area contributed by atoms with Gasteiger partial charge >= 0.3 is 17.9 Å². The minimum absolute atomic E-state index is 0.312. The Hall–Kier alpha value is -3.68. The molecule has 3 rings (SSSR count). The molecule has 1 aromatic heterocycles. The van der Waals surface area contributed by atoms with Crippen LogP contribution >= 0.6 is 0 Å². The van der Waals surface area contributed by atoms with Gasteiger partial charge in [0.05, 0.1) is 39.4 Å². The number of rotatable bonds is 13. The summed E-state index contributed by atoms with van der Waals surface area (Å²) in [7, 11) is 5.31. The Labute approximate surface area is 226 Å². The Morgan fingerprint density at radius 1 is 1.10 bits per heavy atom. The van der Waals surface area contributed by atoms with Crippen molar-refractivity contribution in [2.75, 3.05) is 27.4 Å². The van der Waals surface area contributed by atoms with Crippen molar-refractivity contribution in [3.63, 3.8) is 0 Å². The first-order valence-corrected chi connectivity index (χ1v) is 12.3. The van der Waals surface area contributed by atoms with Crippen LogP contribution in [0.25, 0.3) is 0 Å². The summed E-state index contributed by atoms with van der Waals surface area (Å²) in [5.41, 5.74) is 0.917. The van der Waals surface area contributed by atoms with Gasteiger partial charge < -0.3 is 34.6 Å². The molecule has 4 N–H and O–H groups in total. The van der Waals surface area contributed by atoms with Crippen LogP contribution in [0.5, 0.6) is 11.5 Å². The smallest absolute Gasteiger partial charge is 0.336 e. The van der Waals surface area contributed by atoms with Crippen LogP contribution in [0.1, 0.15) is 42.5 Å². The number of aliphatic hydroxyl groups is 1. The Balaban J connectivity index is 0.000000349. The Morgan fingerprint density at radius 2 is 1.74 bits per heavy atom. The number of hydrogen-bond donors (Lipinski definition) is 4. The summed E-state index contributed by atoms with van der Waals surface area (Å²) in [5, 5.41) is 38.2. The second kappa shape index (κ2) is 14.5. The van der Waals surface area contributed by atoms with Crippen LogP contribution in [0.3, 0.4) is 0 Å². The van der Waals surface area contributed by atoms with Gasteiger partial charge in [-0.25, -0.2) is 4.79 Å². The Kier molecular flexibility index (Phi) is 11.7. The van der Waals surface area contributed by atoms with Crippen LogP contribution in [-0.4, -0.2) is 92.1 Å². The lowest BCUT2D eigenvalue weighted by Crippen LogP contribution is -2.42. The molecule has 1 saturated heterocycles. The van der Waals surface area contributed by atoms with Crippen LogP contribution in [0.2, 0.25) is 0 Å². The number of nitrogens with zero attached hydrogens (tertiary/aromatic N) is 3. The van der Waals surface area contributed by atoms with Crippen molar-refractivity contribution in [2.45, 2.75) is 57.4 Å². The maximum absolute atomic E-state index is 10.3. The molecule has 2 aromatic rings. The lowest BCUT2D eigenvalue weighted by molar-refractivity contribution is -0.170. The molecular weight excluding hydrogens is 514 g/mol. The number of methoxy groups -OCH3 is 2. The van der Waals surface area contributed by atoms with Crippen LogP contribution in [-0.2, 0) is 39.3 Å². The van der Waals surface area contributed by atoms with E-state index in [4.69, 9.17) is 34.6 Å². The maximum Gasteiger partial charge on any atom is 0.336 e. The van der Waals surface area contributed by atoms with Crippen molar-refractivity contribution >= 4 is 17.9 Å². The van der Waals surface area contributed by atoms with Gasteiger partial charge in [0.1, 0.15) is 0 Å². The highest BCUT2D eigenvalue weighted by Crippen LogP contribution is 2.28. The summed E-state index contributed by atoms with van der Waals surface area (Å²) < 4.78 is 18.6. The summed E-state index contributed by atoms with van der Waals surface area (Å²) in [4.78, 5) is 32.9. The van der Waals surface area contributed by atoms with E-state index in [0.29, 0.717) is 6.10 Å². The molecular formula is C26H37N3O10. The molecule has 1 unspecified atom stereocenters. The number of aryl methyl sites for hydroxylation is 1. The Morgan fingerprint density at radius 3 is 2.21 bits per heavy atom. The van der Waals surface area contributed by atoms with Crippen LogP contribution in [0.15, 0.2) is 24.4 Å². The molecule has 13 heteroatoms. The first-order valence-electron chi connectivity index (χ1n) is 12.3. The molecule has 1 aliphatic rings. The number of benzene rings is 1. The van der Waals surface area contributed by atoms with Gasteiger partial charge in [0.15, 0.2) is 17.1 Å². The zero-order valence-corrected chi connectivity index (χ0v) is 22.6. The molecule has 1 aromatic carbocycles. The fourth-order valence-corrected chi connectivity index (χ4v) is 4.15. The summed E-state index contributed by atoms with van der Waals surface area (Å²) >= 11 is 0. The predicted octanol–water partition coefficient (Wildman–Crippen LogP) is 1.68. The highest BCUT2D eigenvalue weighted by atomic mass is 16.5. The van der Waals surface area contributed by atoms with Gasteiger partial charge in [-0.15, -0.1) is 0 Å². The van der Waals surface area contributed by atoms with E-state index in [1.54, 1.807) is 14.2 Å². The summed E-state index contributed by atoms with van der Waals surface area (Å²) in [6, 6.07) is 6.12. The van der Waals surface area contributed by atoms with E-state index in [2.05, 4.69) is 29.1 Å². The molecule has 39 heavy (non-hydrogen) atoms.